The lowest BCUT2D eigenvalue weighted by atomic mass is 10.0. The van der Waals surface area contributed by atoms with Gasteiger partial charge in [-0.25, -0.2) is 9.37 Å². The summed E-state index contributed by atoms with van der Waals surface area (Å²) >= 11 is 0. The first-order chi connectivity index (χ1) is 12.8. The first-order valence-corrected chi connectivity index (χ1v) is 8.56. The van der Waals surface area contributed by atoms with E-state index in [4.69, 9.17) is 4.98 Å². The Balaban J connectivity index is 1.73. The third-order valence-electron chi connectivity index (χ3n) is 4.74. The van der Waals surface area contributed by atoms with Gasteiger partial charge in [0.25, 0.3) is 0 Å². The summed E-state index contributed by atoms with van der Waals surface area (Å²) < 4.78 is 15.6. The highest BCUT2D eigenvalue weighted by Gasteiger charge is 2.25. The number of aromatic nitrogens is 2. The van der Waals surface area contributed by atoms with Crippen molar-refractivity contribution < 1.29 is 4.39 Å². The molecule has 0 amide bonds. The molecule has 1 aromatic heterocycles. The van der Waals surface area contributed by atoms with Gasteiger partial charge in [-0.1, -0.05) is 54.6 Å². The lowest BCUT2D eigenvalue weighted by Crippen LogP contribution is -2.19. The molecule has 5 rings (SSSR count). The quantitative estimate of drug-likeness (QED) is 0.541. The predicted molar refractivity (Wildman–Crippen MR) is 102 cm³/mol. The summed E-state index contributed by atoms with van der Waals surface area (Å²) in [6.07, 6.45) is 2.17. The molecule has 0 radical (unpaired) electrons. The zero-order chi connectivity index (χ0) is 17.5. The summed E-state index contributed by atoms with van der Waals surface area (Å²) in [5.74, 6) is 0.563. The van der Waals surface area contributed by atoms with Crippen LogP contribution in [-0.2, 0) is 0 Å². The van der Waals surface area contributed by atoms with Gasteiger partial charge >= 0.3 is 0 Å². The van der Waals surface area contributed by atoms with E-state index in [0.29, 0.717) is 0 Å². The van der Waals surface area contributed by atoms with Crippen LogP contribution in [0.3, 0.4) is 0 Å². The summed E-state index contributed by atoms with van der Waals surface area (Å²) in [6.45, 7) is 0. The maximum atomic E-state index is 13.4. The van der Waals surface area contributed by atoms with Crippen molar-refractivity contribution in [1.82, 2.24) is 9.55 Å². The number of rotatable bonds is 2. The number of para-hydroxylation sites is 2. The van der Waals surface area contributed by atoms with E-state index in [1.807, 2.05) is 48.5 Å². The van der Waals surface area contributed by atoms with Gasteiger partial charge in [0.1, 0.15) is 5.82 Å². The van der Waals surface area contributed by atoms with E-state index in [2.05, 4.69) is 34.2 Å². The van der Waals surface area contributed by atoms with Crippen molar-refractivity contribution >= 4 is 22.7 Å². The van der Waals surface area contributed by atoms with Gasteiger partial charge in [0.2, 0.25) is 5.95 Å². The average Bonchev–Trinajstić information content (AvgIpc) is 3.07. The van der Waals surface area contributed by atoms with Crippen LogP contribution in [-0.4, -0.2) is 9.55 Å². The molecule has 3 aromatic carbocycles. The third kappa shape index (κ3) is 2.39. The average molecular weight is 341 g/mol. The van der Waals surface area contributed by atoms with E-state index in [1.54, 1.807) is 0 Å². The predicted octanol–water partition coefficient (Wildman–Crippen LogP) is 5.23. The van der Waals surface area contributed by atoms with Gasteiger partial charge in [-0.05, 0) is 41.5 Å². The van der Waals surface area contributed by atoms with Gasteiger partial charge in [0.05, 0.1) is 17.1 Å². The van der Waals surface area contributed by atoms with Gasteiger partial charge in [0.15, 0.2) is 0 Å². The van der Waals surface area contributed by atoms with Crippen LogP contribution in [0.4, 0.5) is 10.3 Å². The second kappa shape index (κ2) is 5.85. The molecule has 126 valence electrons. The van der Waals surface area contributed by atoms with E-state index >= 15 is 0 Å². The molecule has 1 atom stereocenters. The zero-order valence-electron chi connectivity index (χ0n) is 13.9. The van der Waals surface area contributed by atoms with E-state index < -0.39 is 0 Å². The summed E-state index contributed by atoms with van der Waals surface area (Å²) in [5, 5.41) is 3.45. The maximum Gasteiger partial charge on any atom is 0.209 e. The molecule has 4 aromatic rings. The molecular formula is C22H16FN3. The van der Waals surface area contributed by atoms with E-state index in [0.717, 1.165) is 33.8 Å². The summed E-state index contributed by atoms with van der Waals surface area (Å²) in [5.41, 5.74) is 5.10. The molecule has 0 bridgehead atoms. The SMILES string of the molecule is Fc1ccc([C@H]2C=C(c3ccccc3)Nc3nc4ccccc4n32)cc1. The Hall–Kier alpha value is -3.40. The minimum absolute atomic E-state index is 0.0607. The number of benzene rings is 3. The highest BCUT2D eigenvalue weighted by molar-refractivity contribution is 5.85. The lowest BCUT2D eigenvalue weighted by molar-refractivity contribution is 0.624. The molecular weight excluding hydrogens is 325 g/mol. The van der Waals surface area contributed by atoms with Crippen molar-refractivity contribution in [2.24, 2.45) is 0 Å². The summed E-state index contributed by atoms with van der Waals surface area (Å²) in [4.78, 5) is 4.76. The van der Waals surface area contributed by atoms with Crippen molar-refractivity contribution in [2.75, 3.05) is 5.32 Å². The smallest absolute Gasteiger partial charge is 0.209 e. The van der Waals surface area contributed by atoms with E-state index in [1.165, 1.54) is 12.1 Å². The molecule has 0 spiro atoms. The second-order valence-electron chi connectivity index (χ2n) is 6.36. The van der Waals surface area contributed by atoms with Crippen molar-refractivity contribution in [3.63, 3.8) is 0 Å². The first-order valence-electron chi connectivity index (χ1n) is 8.56. The molecule has 1 N–H and O–H groups in total. The molecule has 0 unspecified atom stereocenters. The molecule has 0 aliphatic carbocycles. The molecule has 1 aliphatic heterocycles. The number of halogens is 1. The van der Waals surface area contributed by atoms with Gasteiger partial charge in [-0.2, -0.15) is 0 Å². The minimum Gasteiger partial charge on any atom is -0.325 e. The highest BCUT2D eigenvalue weighted by Crippen LogP contribution is 2.36. The van der Waals surface area contributed by atoms with Crippen molar-refractivity contribution in [3.8, 4) is 0 Å². The number of fused-ring (bicyclic) bond motifs is 3. The monoisotopic (exact) mass is 341 g/mol. The molecule has 26 heavy (non-hydrogen) atoms. The Labute approximate surface area is 150 Å². The lowest BCUT2D eigenvalue weighted by Gasteiger charge is -2.26. The summed E-state index contributed by atoms with van der Waals surface area (Å²) in [7, 11) is 0. The molecule has 3 nitrogen and oxygen atoms in total. The van der Waals surface area contributed by atoms with Crippen LogP contribution in [0.25, 0.3) is 16.7 Å². The van der Waals surface area contributed by atoms with Crippen LogP contribution in [0.5, 0.6) is 0 Å². The maximum absolute atomic E-state index is 13.4. The van der Waals surface area contributed by atoms with Crippen LogP contribution in [0, 0.1) is 5.82 Å². The van der Waals surface area contributed by atoms with Crippen LogP contribution in [0.15, 0.2) is 84.9 Å². The van der Waals surface area contributed by atoms with Gasteiger partial charge in [0, 0.05) is 5.70 Å². The largest absolute Gasteiger partial charge is 0.325 e. The Morgan fingerprint density at radius 3 is 2.38 bits per heavy atom. The number of nitrogens with one attached hydrogen (secondary N) is 1. The standard InChI is InChI=1S/C22H16FN3/c23-17-12-10-16(11-13-17)21-14-19(15-6-2-1-3-7-15)25-22-24-18-8-4-5-9-20(18)26(21)22/h1-14,21H,(H,24,25)/t21-/m1/s1. The Morgan fingerprint density at radius 2 is 1.58 bits per heavy atom. The van der Waals surface area contributed by atoms with Gasteiger partial charge < -0.3 is 5.32 Å². The minimum atomic E-state index is -0.231. The van der Waals surface area contributed by atoms with Crippen LogP contribution < -0.4 is 5.32 Å². The fraction of sp³-hybridized carbons (Fsp3) is 0.0455. The summed E-state index contributed by atoms with van der Waals surface area (Å²) in [6, 6.07) is 24.9. The normalized spacial score (nSPS) is 16.0. The third-order valence-corrected chi connectivity index (χ3v) is 4.74. The Kier molecular flexibility index (Phi) is 3.35. The second-order valence-corrected chi connectivity index (χ2v) is 6.36. The van der Waals surface area contributed by atoms with Gasteiger partial charge in [-0.3, -0.25) is 4.57 Å². The fourth-order valence-corrected chi connectivity index (χ4v) is 3.50. The fourth-order valence-electron chi connectivity index (χ4n) is 3.50. The molecule has 0 saturated heterocycles. The number of allylic oxidation sites excluding steroid dienone is 1. The van der Waals surface area contributed by atoms with Crippen LogP contribution in [0.2, 0.25) is 0 Å². The molecule has 1 aliphatic rings. The number of hydrogen-bond acceptors (Lipinski definition) is 2. The highest BCUT2D eigenvalue weighted by atomic mass is 19.1. The van der Waals surface area contributed by atoms with Crippen molar-refractivity contribution in [1.29, 1.82) is 0 Å². The topological polar surface area (TPSA) is 29.9 Å². The van der Waals surface area contributed by atoms with E-state index in [9.17, 15) is 4.39 Å². The van der Waals surface area contributed by atoms with Crippen LogP contribution >= 0.6 is 0 Å². The van der Waals surface area contributed by atoms with E-state index in [-0.39, 0.29) is 11.9 Å². The van der Waals surface area contributed by atoms with Crippen molar-refractivity contribution in [2.45, 2.75) is 6.04 Å². The van der Waals surface area contributed by atoms with Crippen molar-refractivity contribution in [3.05, 3.63) is 102 Å². The van der Waals surface area contributed by atoms with Gasteiger partial charge in [-0.15, -0.1) is 0 Å². The first kappa shape index (κ1) is 14.9. The number of hydrogen-bond donors (Lipinski definition) is 1. The zero-order valence-corrected chi connectivity index (χ0v) is 13.9. The molecule has 0 saturated carbocycles. The Bertz CT molecular complexity index is 1110. The number of nitrogens with zero attached hydrogens (tertiary/aromatic N) is 2. The molecule has 4 heteroatoms. The molecule has 2 heterocycles. The van der Waals surface area contributed by atoms with Crippen LogP contribution in [0.1, 0.15) is 17.2 Å². The number of imidazole rings is 1. The Morgan fingerprint density at radius 1 is 0.846 bits per heavy atom. The molecule has 0 fully saturated rings. The number of anilines is 1.